The summed E-state index contributed by atoms with van der Waals surface area (Å²) in [4.78, 5) is 0. The van der Waals surface area contributed by atoms with Gasteiger partial charge >= 0.3 is 0 Å². The second-order valence-corrected chi connectivity index (χ2v) is 5.13. The first-order chi connectivity index (χ1) is 6.65. The van der Waals surface area contributed by atoms with Gasteiger partial charge in [0.15, 0.2) is 0 Å². The van der Waals surface area contributed by atoms with Crippen LogP contribution in [0.4, 0.5) is 0 Å². The summed E-state index contributed by atoms with van der Waals surface area (Å²) >= 11 is 6.92. The van der Waals surface area contributed by atoms with Crippen LogP contribution in [-0.2, 0) is 0 Å². The SMILES string of the molecule is CCCC[C@H](N)c1ccc(Br)c(Br)c1. The van der Waals surface area contributed by atoms with E-state index in [9.17, 15) is 0 Å². The Labute approximate surface area is 102 Å². The molecule has 0 saturated carbocycles. The molecular weight excluding hydrogens is 306 g/mol. The van der Waals surface area contributed by atoms with E-state index in [4.69, 9.17) is 5.73 Å². The van der Waals surface area contributed by atoms with Crippen molar-refractivity contribution in [2.24, 2.45) is 5.73 Å². The predicted octanol–water partition coefficient (Wildman–Crippen LogP) is 4.40. The van der Waals surface area contributed by atoms with Gasteiger partial charge in [0.25, 0.3) is 0 Å². The Morgan fingerprint density at radius 1 is 1.29 bits per heavy atom. The van der Waals surface area contributed by atoms with E-state index in [2.05, 4.69) is 50.9 Å². The lowest BCUT2D eigenvalue weighted by Crippen LogP contribution is -2.09. The lowest BCUT2D eigenvalue weighted by atomic mass is 10.0. The maximum atomic E-state index is 6.06. The van der Waals surface area contributed by atoms with Gasteiger partial charge in [0.2, 0.25) is 0 Å². The summed E-state index contributed by atoms with van der Waals surface area (Å²) < 4.78 is 2.14. The fourth-order valence-electron chi connectivity index (χ4n) is 1.33. The summed E-state index contributed by atoms with van der Waals surface area (Å²) in [5.74, 6) is 0. The van der Waals surface area contributed by atoms with Crippen molar-refractivity contribution in [1.29, 1.82) is 0 Å². The minimum Gasteiger partial charge on any atom is -0.324 e. The molecule has 1 aromatic carbocycles. The minimum absolute atomic E-state index is 0.166. The summed E-state index contributed by atoms with van der Waals surface area (Å²) in [6.07, 6.45) is 3.45. The molecule has 14 heavy (non-hydrogen) atoms. The van der Waals surface area contributed by atoms with Gasteiger partial charge in [0, 0.05) is 15.0 Å². The lowest BCUT2D eigenvalue weighted by molar-refractivity contribution is 0.603. The molecule has 0 bridgehead atoms. The third-order valence-corrected chi connectivity index (χ3v) is 4.12. The molecule has 0 spiro atoms. The van der Waals surface area contributed by atoms with Crippen molar-refractivity contribution in [3.05, 3.63) is 32.7 Å². The topological polar surface area (TPSA) is 26.0 Å². The first-order valence-corrected chi connectivity index (χ1v) is 6.44. The molecule has 1 rings (SSSR count). The molecule has 1 aromatic rings. The molecule has 0 radical (unpaired) electrons. The summed E-state index contributed by atoms with van der Waals surface area (Å²) in [5, 5.41) is 0. The van der Waals surface area contributed by atoms with Crippen LogP contribution in [0, 0.1) is 0 Å². The third kappa shape index (κ3) is 3.37. The van der Waals surface area contributed by atoms with Crippen LogP contribution in [0.1, 0.15) is 37.8 Å². The van der Waals surface area contributed by atoms with Gasteiger partial charge in [0.05, 0.1) is 0 Å². The first kappa shape index (κ1) is 12.2. The fraction of sp³-hybridized carbons (Fsp3) is 0.455. The molecule has 0 unspecified atom stereocenters. The monoisotopic (exact) mass is 319 g/mol. The zero-order valence-electron chi connectivity index (χ0n) is 8.26. The Balaban J connectivity index is 2.70. The number of benzene rings is 1. The molecule has 2 N–H and O–H groups in total. The molecule has 0 heterocycles. The Morgan fingerprint density at radius 3 is 2.57 bits per heavy atom. The largest absolute Gasteiger partial charge is 0.324 e. The fourth-order valence-corrected chi connectivity index (χ4v) is 1.98. The molecule has 78 valence electrons. The predicted molar refractivity (Wildman–Crippen MR) is 68.3 cm³/mol. The Morgan fingerprint density at radius 2 is 2.00 bits per heavy atom. The van der Waals surface area contributed by atoms with E-state index in [-0.39, 0.29) is 6.04 Å². The second kappa shape index (κ2) is 5.89. The van der Waals surface area contributed by atoms with Crippen LogP contribution >= 0.6 is 31.9 Å². The average molecular weight is 321 g/mol. The second-order valence-electron chi connectivity index (χ2n) is 3.42. The molecule has 0 fully saturated rings. The summed E-state index contributed by atoms with van der Waals surface area (Å²) in [7, 11) is 0. The smallest absolute Gasteiger partial charge is 0.0320 e. The first-order valence-electron chi connectivity index (χ1n) is 4.85. The van der Waals surface area contributed by atoms with Gasteiger partial charge < -0.3 is 5.73 Å². The van der Waals surface area contributed by atoms with Crippen molar-refractivity contribution >= 4 is 31.9 Å². The number of nitrogens with two attached hydrogens (primary N) is 1. The summed E-state index contributed by atoms with van der Waals surface area (Å²) in [6.45, 7) is 2.18. The Kier molecular flexibility index (Phi) is 5.13. The molecule has 0 amide bonds. The molecule has 0 aromatic heterocycles. The highest BCUT2D eigenvalue weighted by Gasteiger charge is 2.06. The number of halogens is 2. The summed E-state index contributed by atoms with van der Waals surface area (Å²) in [5.41, 5.74) is 7.27. The number of hydrogen-bond acceptors (Lipinski definition) is 1. The van der Waals surface area contributed by atoms with Crippen molar-refractivity contribution in [2.75, 3.05) is 0 Å². The molecule has 0 saturated heterocycles. The standard InChI is InChI=1S/C11H15Br2N/c1-2-3-4-11(14)8-5-6-9(12)10(13)7-8/h5-7,11H,2-4,14H2,1H3/t11-/m0/s1. The highest BCUT2D eigenvalue weighted by atomic mass is 79.9. The van der Waals surface area contributed by atoms with Crippen LogP contribution in [0.15, 0.2) is 27.1 Å². The number of rotatable bonds is 4. The van der Waals surface area contributed by atoms with Crippen LogP contribution in [0.2, 0.25) is 0 Å². The van der Waals surface area contributed by atoms with E-state index in [0.717, 1.165) is 15.4 Å². The quantitative estimate of drug-likeness (QED) is 0.874. The van der Waals surface area contributed by atoms with E-state index in [1.54, 1.807) is 0 Å². The third-order valence-electron chi connectivity index (χ3n) is 2.24. The molecule has 0 aliphatic carbocycles. The van der Waals surface area contributed by atoms with Gasteiger partial charge in [-0.15, -0.1) is 0 Å². The number of unbranched alkanes of at least 4 members (excludes halogenated alkanes) is 1. The van der Waals surface area contributed by atoms with Crippen LogP contribution in [0.25, 0.3) is 0 Å². The normalized spacial score (nSPS) is 12.9. The van der Waals surface area contributed by atoms with E-state index < -0.39 is 0 Å². The van der Waals surface area contributed by atoms with Gasteiger partial charge in [0.1, 0.15) is 0 Å². The Bertz CT molecular complexity index is 299. The molecule has 3 heteroatoms. The van der Waals surface area contributed by atoms with Crippen molar-refractivity contribution < 1.29 is 0 Å². The molecule has 1 nitrogen and oxygen atoms in total. The van der Waals surface area contributed by atoms with E-state index in [0.29, 0.717) is 0 Å². The van der Waals surface area contributed by atoms with E-state index >= 15 is 0 Å². The van der Waals surface area contributed by atoms with Crippen molar-refractivity contribution in [2.45, 2.75) is 32.2 Å². The number of hydrogen-bond donors (Lipinski definition) is 1. The minimum atomic E-state index is 0.166. The summed E-state index contributed by atoms with van der Waals surface area (Å²) in [6, 6.07) is 6.37. The molecule has 1 atom stereocenters. The van der Waals surface area contributed by atoms with Gasteiger partial charge in [-0.2, -0.15) is 0 Å². The molecule has 0 aliphatic rings. The van der Waals surface area contributed by atoms with E-state index in [1.807, 2.05) is 6.07 Å². The Hall–Kier alpha value is 0.140. The highest BCUT2D eigenvalue weighted by Crippen LogP contribution is 2.27. The van der Waals surface area contributed by atoms with Crippen LogP contribution in [-0.4, -0.2) is 0 Å². The van der Waals surface area contributed by atoms with Gasteiger partial charge in [-0.3, -0.25) is 0 Å². The van der Waals surface area contributed by atoms with Gasteiger partial charge in [-0.25, -0.2) is 0 Å². The lowest BCUT2D eigenvalue weighted by Gasteiger charge is -2.12. The zero-order valence-corrected chi connectivity index (χ0v) is 11.4. The van der Waals surface area contributed by atoms with Crippen molar-refractivity contribution in [3.63, 3.8) is 0 Å². The van der Waals surface area contributed by atoms with Crippen molar-refractivity contribution in [1.82, 2.24) is 0 Å². The highest BCUT2D eigenvalue weighted by molar-refractivity contribution is 9.13. The molecular formula is C11H15Br2N. The average Bonchev–Trinajstić information content (AvgIpc) is 2.18. The van der Waals surface area contributed by atoms with Gasteiger partial charge in [-0.1, -0.05) is 25.8 Å². The van der Waals surface area contributed by atoms with Gasteiger partial charge in [-0.05, 0) is 56.0 Å². The molecule has 0 aliphatic heterocycles. The van der Waals surface area contributed by atoms with Crippen LogP contribution in [0.5, 0.6) is 0 Å². The maximum absolute atomic E-state index is 6.06. The maximum Gasteiger partial charge on any atom is 0.0320 e. The van der Waals surface area contributed by atoms with Crippen LogP contribution < -0.4 is 5.73 Å². The van der Waals surface area contributed by atoms with E-state index in [1.165, 1.54) is 18.4 Å². The zero-order chi connectivity index (χ0) is 10.6. The van der Waals surface area contributed by atoms with Crippen LogP contribution in [0.3, 0.4) is 0 Å². The van der Waals surface area contributed by atoms with Crippen molar-refractivity contribution in [3.8, 4) is 0 Å².